The van der Waals surface area contributed by atoms with Crippen LogP contribution in [-0.4, -0.2) is 107 Å². The molecule has 1 aliphatic carbocycles. The number of carbonyl (C=O) groups is 7. The number of carboxylic acids is 3. The molecule has 0 heterocycles. The van der Waals surface area contributed by atoms with Crippen molar-refractivity contribution in [1.82, 2.24) is 26.6 Å². The molecule has 47 heavy (non-hydrogen) atoms. The minimum atomic E-state index is -1.33. The molecule has 1 aliphatic rings. The van der Waals surface area contributed by atoms with Crippen LogP contribution in [0.5, 0.6) is 0 Å². The standard InChI is InChI=1S/C31H53N5O11/c1-19(2)47-16-15-32-29(44)22(10-12-26(39)40)35-25(38)11-9-23(30(45)46)36-28(43)21-7-5-20(6-8-21)18-33-24(37)13-14-34-31(3,4)17-27(41)42/h19-23,34H,5-18H2,1-4H3,(H,32,44)(H,33,37)(H,35,38)(H,36,43)(H,39,40)(H,41,42)(H,45,46)/t20-,21+,22-,23-/m0/s1. The van der Waals surface area contributed by atoms with E-state index in [2.05, 4.69) is 26.6 Å². The quantitative estimate of drug-likeness (QED) is 0.0687. The van der Waals surface area contributed by atoms with Crippen LogP contribution < -0.4 is 26.6 Å². The van der Waals surface area contributed by atoms with Gasteiger partial charge in [0.2, 0.25) is 23.6 Å². The number of ether oxygens (including phenoxy) is 1. The number of hydrogen-bond acceptors (Lipinski definition) is 9. The van der Waals surface area contributed by atoms with E-state index in [-0.39, 0.29) is 69.6 Å². The van der Waals surface area contributed by atoms with Gasteiger partial charge in [-0.2, -0.15) is 0 Å². The SMILES string of the molecule is CC(C)OCCNC(=O)[C@H](CCC(=O)O)NC(=O)CC[C@H](NC(=O)[C@H]1CC[C@@H](CNC(=O)CCNC(C)(C)CC(=O)O)CC1)C(=O)O. The van der Waals surface area contributed by atoms with Crippen molar-refractivity contribution in [2.24, 2.45) is 11.8 Å². The Morgan fingerprint density at radius 3 is 1.98 bits per heavy atom. The fraction of sp³-hybridized carbons (Fsp3) is 0.774. The van der Waals surface area contributed by atoms with Crippen molar-refractivity contribution in [3.05, 3.63) is 0 Å². The summed E-state index contributed by atoms with van der Waals surface area (Å²) < 4.78 is 5.35. The van der Waals surface area contributed by atoms with Crippen LogP contribution in [0.1, 0.15) is 91.9 Å². The van der Waals surface area contributed by atoms with E-state index in [1.807, 2.05) is 13.8 Å². The molecular weight excluding hydrogens is 618 g/mol. The van der Waals surface area contributed by atoms with E-state index in [0.717, 1.165) is 0 Å². The van der Waals surface area contributed by atoms with E-state index in [4.69, 9.17) is 14.9 Å². The lowest BCUT2D eigenvalue weighted by Crippen LogP contribution is -2.48. The Hall–Kier alpha value is -3.79. The molecule has 0 aromatic heterocycles. The number of carboxylic acid groups (broad SMARTS) is 3. The van der Waals surface area contributed by atoms with Gasteiger partial charge in [-0.25, -0.2) is 4.79 Å². The van der Waals surface area contributed by atoms with Crippen molar-refractivity contribution in [3.8, 4) is 0 Å². The Balaban J connectivity index is 2.49. The molecular formula is C31H53N5O11. The molecule has 2 atom stereocenters. The zero-order valence-electron chi connectivity index (χ0n) is 27.9. The van der Waals surface area contributed by atoms with Crippen LogP contribution >= 0.6 is 0 Å². The zero-order chi connectivity index (χ0) is 35.6. The second-order valence-corrected chi connectivity index (χ2v) is 12.9. The smallest absolute Gasteiger partial charge is 0.326 e. The molecule has 0 bridgehead atoms. The molecule has 0 saturated heterocycles. The molecule has 16 heteroatoms. The molecule has 0 aromatic carbocycles. The predicted molar refractivity (Wildman–Crippen MR) is 169 cm³/mol. The van der Waals surface area contributed by atoms with Crippen LogP contribution in [0, 0.1) is 11.8 Å². The number of nitrogens with one attached hydrogen (secondary N) is 5. The second kappa shape index (κ2) is 21.2. The topological polar surface area (TPSA) is 250 Å². The molecule has 16 nitrogen and oxygen atoms in total. The third kappa shape index (κ3) is 18.8. The molecule has 1 fully saturated rings. The van der Waals surface area contributed by atoms with Crippen molar-refractivity contribution < 1.29 is 53.6 Å². The van der Waals surface area contributed by atoms with Crippen LogP contribution in [0.15, 0.2) is 0 Å². The first kappa shape index (κ1) is 41.2. The molecule has 0 aromatic rings. The summed E-state index contributed by atoms with van der Waals surface area (Å²) >= 11 is 0. The lowest BCUT2D eigenvalue weighted by atomic mass is 9.81. The fourth-order valence-electron chi connectivity index (χ4n) is 5.15. The van der Waals surface area contributed by atoms with Gasteiger partial charge < -0.3 is 46.6 Å². The van der Waals surface area contributed by atoms with E-state index >= 15 is 0 Å². The summed E-state index contributed by atoms with van der Waals surface area (Å²) in [6.07, 6.45) is 1.34. The van der Waals surface area contributed by atoms with Crippen molar-refractivity contribution in [1.29, 1.82) is 0 Å². The predicted octanol–water partition coefficient (Wildman–Crippen LogP) is 0.382. The Morgan fingerprint density at radius 2 is 1.40 bits per heavy atom. The van der Waals surface area contributed by atoms with Crippen LogP contribution in [-0.2, 0) is 38.3 Å². The highest BCUT2D eigenvalue weighted by Crippen LogP contribution is 2.28. The average Bonchev–Trinajstić information content (AvgIpc) is 2.97. The molecule has 0 radical (unpaired) electrons. The van der Waals surface area contributed by atoms with Gasteiger partial charge in [0.15, 0.2) is 0 Å². The van der Waals surface area contributed by atoms with E-state index in [0.29, 0.717) is 38.8 Å². The largest absolute Gasteiger partial charge is 0.481 e. The summed E-state index contributed by atoms with van der Waals surface area (Å²) in [4.78, 5) is 84.0. The van der Waals surface area contributed by atoms with Gasteiger partial charge in [-0.1, -0.05) is 0 Å². The minimum absolute atomic E-state index is 0.0428. The van der Waals surface area contributed by atoms with E-state index < -0.39 is 59.2 Å². The average molecular weight is 672 g/mol. The highest BCUT2D eigenvalue weighted by Gasteiger charge is 2.30. The first-order chi connectivity index (χ1) is 22.0. The van der Waals surface area contributed by atoms with Gasteiger partial charge in [0.25, 0.3) is 0 Å². The van der Waals surface area contributed by atoms with Gasteiger partial charge in [-0.15, -0.1) is 0 Å². The van der Waals surface area contributed by atoms with Crippen molar-refractivity contribution in [2.75, 3.05) is 26.2 Å². The van der Waals surface area contributed by atoms with Crippen LogP contribution in [0.4, 0.5) is 0 Å². The Morgan fingerprint density at radius 1 is 0.766 bits per heavy atom. The molecule has 8 N–H and O–H groups in total. The van der Waals surface area contributed by atoms with E-state index in [1.165, 1.54) is 0 Å². The van der Waals surface area contributed by atoms with Crippen LogP contribution in [0.3, 0.4) is 0 Å². The number of carbonyl (C=O) groups excluding carboxylic acids is 4. The van der Waals surface area contributed by atoms with Gasteiger partial charge in [0.1, 0.15) is 12.1 Å². The number of aliphatic carboxylic acids is 3. The Labute approximate surface area is 275 Å². The van der Waals surface area contributed by atoms with Gasteiger partial charge in [-0.3, -0.25) is 28.8 Å². The highest BCUT2D eigenvalue weighted by molar-refractivity contribution is 5.89. The summed E-state index contributed by atoms with van der Waals surface area (Å²) in [6.45, 7) is 8.33. The van der Waals surface area contributed by atoms with E-state index in [9.17, 15) is 38.7 Å². The van der Waals surface area contributed by atoms with E-state index in [1.54, 1.807) is 13.8 Å². The van der Waals surface area contributed by atoms with Crippen LogP contribution in [0.25, 0.3) is 0 Å². The van der Waals surface area contributed by atoms with Gasteiger partial charge in [0.05, 0.1) is 19.1 Å². The molecule has 0 aliphatic heterocycles. The lowest BCUT2D eigenvalue weighted by molar-refractivity contribution is -0.143. The Kier molecular flexibility index (Phi) is 18.6. The third-order valence-corrected chi connectivity index (χ3v) is 7.78. The summed E-state index contributed by atoms with van der Waals surface area (Å²) in [5.41, 5.74) is -0.634. The van der Waals surface area contributed by atoms with Crippen molar-refractivity contribution in [2.45, 2.75) is 116 Å². The lowest BCUT2D eigenvalue weighted by Gasteiger charge is -2.29. The number of hydrogen-bond donors (Lipinski definition) is 8. The second-order valence-electron chi connectivity index (χ2n) is 12.9. The summed E-state index contributed by atoms with van der Waals surface area (Å²) in [6, 6.07) is -2.47. The summed E-state index contributed by atoms with van der Waals surface area (Å²) in [5, 5.41) is 41.1. The summed E-state index contributed by atoms with van der Waals surface area (Å²) in [7, 11) is 0. The number of amides is 4. The zero-order valence-corrected chi connectivity index (χ0v) is 27.9. The first-order valence-electron chi connectivity index (χ1n) is 16.2. The molecule has 1 saturated carbocycles. The maximum absolute atomic E-state index is 12.9. The minimum Gasteiger partial charge on any atom is -0.481 e. The van der Waals surface area contributed by atoms with Crippen LogP contribution in [0.2, 0.25) is 0 Å². The number of rotatable bonds is 23. The summed E-state index contributed by atoms with van der Waals surface area (Å²) in [5.74, 6) is -5.47. The van der Waals surface area contributed by atoms with Crippen molar-refractivity contribution >= 4 is 41.5 Å². The normalized spacial score (nSPS) is 17.6. The first-order valence-corrected chi connectivity index (χ1v) is 16.2. The third-order valence-electron chi connectivity index (χ3n) is 7.78. The molecule has 0 spiro atoms. The molecule has 4 amide bonds. The molecule has 0 unspecified atom stereocenters. The highest BCUT2D eigenvalue weighted by atomic mass is 16.5. The molecule has 1 rings (SSSR count). The molecule has 268 valence electrons. The van der Waals surface area contributed by atoms with Gasteiger partial charge in [0, 0.05) is 50.4 Å². The Bertz CT molecular complexity index is 1070. The van der Waals surface area contributed by atoms with Crippen molar-refractivity contribution in [3.63, 3.8) is 0 Å². The maximum Gasteiger partial charge on any atom is 0.326 e. The van der Waals surface area contributed by atoms with Gasteiger partial charge in [-0.05, 0) is 72.1 Å². The van der Waals surface area contributed by atoms with Gasteiger partial charge >= 0.3 is 17.9 Å². The monoisotopic (exact) mass is 671 g/mol. The maximum atomic E-state index is 12.9. The fourth-order valence-corrected chi connectivity index (χ4v) is 5.15.